The van der Waals surface area contributed by atoms with Crippen molar-refractivity contribution in [2.24, 2.45) is 0 Å². The fourth-order valence-electron chi connectivity index (χ4n) is 2.31. The molecule has 3 rings (SSSR count). The highest BCUT2D eigenvalue weighted by Crippen LogP contribution is 2.29. The van der Waals surface area contributed by atoms with Crippen molar-refractivity contribution in [3.05, 3.63) is 60.2 Å². The Morgan fingerprint density at radius 2 is 1.88 bits per heavy atom. The van der Waals surface area contributed by atoms with Crippen molar-refractivity contribution < 1.29 is 19.2 Å². The van der Waals surface area contributed by atoms with Crippen LogP contribution in [0.25, 0.3) is 0 Å². The molecule has 7 heteroatoms. The van der Waals surface area contributed by atoms with Gasteiger partial charge in [0, 0.05) is 18.0 Å². The third-order valence-corrected chi connectivity index (χ3v) is 3.62. The second-order valence-corrected chi connectivity index (χ2v) is 5.43. The van der Waals surface area contributed by atoms with Crippen molar-refractivity contribution in [1.82, 2.24) is 5.06 Å². The number of ether oxygens (including phenoxy) is 1. The van der Waals surface area contributed by atoms with Gasteiger partial charge in [0.25, 0.3) is 5.91 Å². The first-order valence-corrected chi connectivity index (χ1v) is 7.91. The molecular weight excluding hydrogens is 332 g/mol. The van der Waals surface area contributed by atoms with E-state index in [4.69, 9.17) is 21.2 Å². The van der Waals surface area contributed by atoms with Crippen LogP contribution in [0.2, 0.25) is 0 Å². The summed E-state index contributed by atoms with van der Waals surface area (Å²) in [5.74, 6) is 0.247. The van der Waals surface area contributed by atoms with Gasteiger partial charge in [-0.05, 0) is 24.3 Å². The number of carbonyl (C=O) groups is 2. The third kappa shape index (κ3) is 3.44. The molecule has 2 aromatic carbocycles. The number of hydrogen-bond donors (Lipinski definition) is 1. The zero-order valence-corrected chi connectivity index (χ0v) is 13.4. The van der Waals surface area contributed by atoms with E-state index in [0.717, 1.165) is 5.06 Å². The smallest absolute Gasteiger partial charge is 0.436 e. The number of carbonyl (C=O) groups excluding carboxylic acids is 2. The van der Waals surface area contributed by atoms with Gasteiger partial charge in [0.2, 0.25) is 6.23 Å². The molecule has 0 bridgehead atoms. The Bertz CT molecular complexity index is 738. The molecule has 1 N–H and O–H groups in total. The minimum Gasteiger partial charge on any atom is -0.466 e. The third-order valence-electron chi connectivity index (χ3n) is 3.40. The van der Waals surface area contributed by atoms with E-state index in [-0.39, 0.29) is 5.88 Å². The minimum atomic E-state index is -0.780. The highest BCUT2D eigenvalue weighted by atomic mass is 35.5. The molecule has 0 saturated heterocycles. The first kappa shape index (κ1) is 16.1. The average Bonchev–Trinajstić information content (AvgIpc) is 2.59. The summed E-state index contributed by atoms with van der Waals surface area (Å²) < 4.78 is 5.72. The number of nitrogens with one attached hydrogen (secondary N) is 1. The molecule has 124 valence electrons. The summed E-state index contributed by atoms with van der Waals surface area (Å²) in [4.78, 5) is 29.8. The maximum atomic E-state index is 12.6. The Balaban J connectivity index is 1.77. The van der Waals surface area contributed by atoms with Crippen molar-refractivity contribution in [3.63, 3.8) is 0 Å². The van der Waals surface area contributed by atoms with E-state index in [2.05, 4.69) is 5.32 Å². The Kier molecular flexibility index (Phi) is 4.86. The van der Waals surface area contributed by atoms with Crippen LogP contribution in [0.4, 0.5) is 10.5 Å². The number of halogens is 1. The predicted octanol–water partition coefficient (Wildman–Crippen LogP) is 3.64. The van der Waals surface area contributed by atoms with Crippen LogP contribution in [-0.2, 0) is 4.84 Å². The summed E-state index contributed by atoms with van der Waals surface area (Å²) in [7, 11) is 0. The van der Waals surface area contributed by atoms with Gasteiger partial charge in [-0.3, -0.25) is 10.1 Å². The molecule has 1 heterocycles. The molecule has 0 fully saturated rings. The molecule has 0 aliphatic carbocycles. The lowest BCUT2D eigenvalue weighted by molar-refractivity contribution is -0.153. The van der Waals surface area contributed by atoms with E-state index < -0.39 is 18.2 Å². The van der Waals surface area contributed by atoms with E-state index in [9.17, 15) is 9.59 Å². The van der Waals surface area contributed by atoms with E-state index in [1.54, 1.807) is 48.5 Å². The van der Waals surface area contributed by atoms with Gasteiger partial charge in [-0.25, -0.2) is 4.79 Å². The lowest BCUT2D eigenvalue weighted by Gasteiger charge is -2.34. The summed E-state index contributed by atoms with van der Waals surface area (Å²) in [6.45, 7) is 0. The quantitative estimate of drug-likeness (QED) is 0.858. The van der Waals surface area contributed by atoms with Crippen LogP contribution in [-0.4, -0.2) is 29.2 Å². The van der Waals surface area contributed by atoms with Gasteiger partial charge in [-0.1, -0.05) is 30.3 Å². The van der Waals surface area contributed by atoms with Crippen molar-refractivity contribution in [1.29, 1.82) is 0 Å². The van der Waals surface area contributed by atoms with Crippen molar-refractivity contribution in [2.75, 3.05) is 11.2 Å². The normalized spacial score (nSPS) is 16.1. The second-order valence-electron chi connectivity index (χ2n) is 5.05. The molecular formula is C17H15ClN2O4. The average molecular weight is 347 g/mol. The minimum absolute atomic E-state index is 0.250. The van der Waals surface area contributed by atoms with Gasteiger partial charge in [-0.2, -0.15) is 0 Å². The van der Waals surface area contributed by atoms with Gasteiger partial charge in [0.15, 0.2) is 0 Å². The fourth-order valence-corrected chi connectivity index (χ4v) is 2.50. The molecule has 0 aromatic heterocycles. The van der Waals surface area contributed by atoms with Gasteiger partial charge in [-0.15, -0.1) is 16.7 Å². The maximum Gasteiger partial charge on any atom is 0.436 e. The van der Waals surface area contributed by atoms with Crippen LogP contribution in [0.1, 0.15) is 16.8 Å². The van der Waals surface area contributed by atoms with E-state index in [0.29, 0.717) is 23.4 Å². The summed E-state index contributed by atoms with van der Waals surface area (Å²) in [6, 6.07) is 15.6. The molecule has 0 unspecified atom stereocenters. The summed E-state index contributed by atoms with van der Waals surface area (Å²) in [5, 5.41) is 3.47. The highest BCUT2D eigenvalue weighted by Gasteiger charge is 2.36. The van der Waals surface area contributed by atoms with Gasteiger partial charge >= 0.3 is 6.09 Å². The Morgan fingerprint density at radius 1 is 1.17 bits per heavy atom. The zero-order chi connectivity index (χ0) is 16.9. The van der Waals surface area contributed by atoms with Crippen LogP contribution in [0.5, 0.6) is 5.75 Å². The molecule has 1 aliphatic rings. The zero-order valence-electron chi connectivity index (χ0n) is 12.6. The van der Waals surface area contributed by atoms with Gasteiger partial charge in [0.1, 0.15) is 5.75 Å². The molecule has 1 aliphatic heterocycles. The van der Waals surface area contributed by atoms with E-state index in [1.165, 1.54) is 0 Å². The highest BCUT2D eigenvalue weighted by molar-refractivity contribution is 6.17. The van der Waals surface area contributed by atoms with Crippen LogP contribution in [0, 0.1) is 0 Å². The Labute approximate surface area is 143 Å². The van der Waals surface area contributed by atoms with Crippen LogP contribution in [0.15, 0.2) is 54.6 Å². The van der Waals surface area contributed by atoms with Crippen molar-refractivity contribution in [3.8, 4) is 5.75 Å². The number of hydroxylamine groups is 2. The molecule has 2 amide bonds. The number of rotatable bonds is 4. The summed E-state index contributed by atoms with van der Waals surface area (Å²) in [5.41, 5.74) is 0.887. The van der Waals surface area contributed by atoms with Gasteiger partial charge < -0.3 is 9.57 Å². The monoisotopic (exact) mass is 346 g/mol. The maximum absolute atomic E-state index is 12.6. The SMILES string of the molecule is O=C(Nc1ccccc1)ON1C(=O)c2ccccc2O[C@H]1CCCl. The largest absolute Gasteiger partial charge is 0.466 e. The molecule has 6 nitrogen and oxygen atoms in total. The molecule has 0 spiro atoms. The second kappa shape index (κ2) is 7.23. The number of benzene rings is 2. The van der Waals surface area contributed by atoms with Crippen LogP contribution in [0.3, 0.4) is 0 Å². The molecule has 1 atom stereocenters. The lowest BCUT2D eigenvalue weighted by atomic mass is 10.1. The van der Waals surface area contributed by atoms with E-state index in [1.807, 2.05) is 6.07 Å². The first-order valence-electron chi connectivity index (χ1n) is 7.38. The molecule has 2 aromatic rings. The first-order chi connectivity index (χ1) is 11.7. The number of nitrogens with zero attached hydrogens (tertiary/aromatic N) is 1. The number of hydrogen-bond acceptors (Lipinski definition) is 4. The topological polar surface area (TPSA) is 67.9 Å². The Hall–Kier alpha value is -2.73. The van der Waals surface area contributed by atoms with Crippen molar-refractivity contribution >= 4 is 29.3 Å². The number of anilines is 1. The number of para-hydroxylation sites is 2. The molecule has 0 saturated carbocycles. The van der Waals surface area contributed by atoms with Crippen LogP contribution < -0.4 is 10.1 Å². The lowest BCUT2D eigenvalue weighted by Crippen LogP contribution is -2.49. The van der Waals surface area contributed by atoms with Crippen LogP contribution >= 0.6 is 11.6 Å². The fraction of sp³-hybridized carbons (Fsp3) is 0.176. The predicted molar refractivity (Wildman–Crippen MR) is 88.9 cm³/mol. The number of amides is 2. The standard InChI is InChI=1S/C17H15ClN2O4/c18-11-10-15-20(16(21)13-8-4-5-9-14(13)23-15)24-17(22)19-12-6-2-1-3-7-12/h1-9,15H,10-11H2,(H,19,22)/t15-/m0/s1. The van der Waals surface area contributed by atoms with Gasteiger partial charge in [0.05, 0.1) is 5.56 Å². The number of fused-ring (bicyclic) bond motifs is 1. The molecule has 24 heavy (non-hydrogen) atoms. The van der Waals surface area contributed by atoms with E-state index >= 15 is 0 Å². The summed E-state index contributed by atoms with van der Waals surface area (Å²) >= 11 is 5.77. The molecule has 0 radical (unpaired) electrons. The number of alkyl halides is 1. The summed E-state index contributed by atoms with van der Waals surface area (Å²) in [6.07, 6.45) is -1.23. The Morgan fingerprint density at radius 3 is 2.62 bits per heavy atom. The van der Waals surface area contributed by atoms with Crippen molar-refractivity contribution in [2.45, 2.75) is 12.6 Å².